The van der Waals surface area contributed by atoms with Crippen molar-refractivity contribution in [1.82, 2.24) is 14.5 Å². The highest BCUT2D eigenvalue weighted by atomic mass is 19.1. The summed E-state index contributed by atoms with van der Waals surface area (Å²) in [7, 11) is 1.44. The molecule has 1 aliphatic heterocycles. The first-order chi connectivity index (χ1) is 15.8. The van der Waals surface area contributed by atoms with E-state index in [0.29, 0.717) is 43.8 Å². The zero-order valence-electron chi connectivity index (χ0n) is 17.8. The number of aliphatic hydroxyl groups excluding tert-OH is 1. The van der Waals surface area contributed by atoms with Crippen molar-refractivity contribution in [2.24, 2.45) is 7.05 Å². The fourth-order valence-corrected chi connectivity index (χ4v) is 4.08. The van der Waals surface area contributed by atoms with E-state index in [1.807, 2.05) is 4.90 Å². The summed E-state index contributed by atoms with van der Waals surface area (Å²) in [5.74, 6) is -0.296. The van der Waals surface area contributed by atoms with Crippen LogP contribution in [0.1, 0.15) is 11.7 Å². The standard InChI is InChI=1S/C22H21FN6O4/c1-24-18-8-7-16-19(25-18)20(21(29(32)33)22(31)26(16)2)28-11-9-27(10-12-28)13-17(30)14-3-5-15(23)6-4-14/h3-8,17,30H,9-13H2,2H3. The van der Waals surface area contributed by atoms with Gasteiger partial charge in [0.25, 0.3) is 5.82 Å². The second kappa shape index (κ2) is 8.93. The van der Waals surface area contributed by atoms with Gasteiger partial charge in [0.2, 0.25) is 5.52 Å². The van der Waals surface area contributed by atoms with Gasteiger partial charge in [0.15, 0.2) is 5.69 Å². The Morgan fingerprint density at radius 1 is 1.21 bits per heavy atom. The van der Waals surface area contributed by atoms with Crippen LogP contribution in [0.4, 0.5) is 21.6 Å². The Labute approximate surface area is 188 Å². The van der Waals surface area contributed by atoms with Gasteiger partial charge in [-0.05, 0) is 29.8 Å². The summed E-state index contributed by atoms with van der Waals surface area (Å²) >= 11 is 0. The highest BCUT2D eigenvalue weighted by molar-refractivity contribution is 5.94. The molecular weight excluding hydrogens is 431 g/mol. The molecule has 0 amide bonds. The fourth-order valence-electron chi connectivity index (χ4n) is 4.08. The molecule has 1 fully saturated rings. The molecule has 1 aromatic carbocycles. The van der Waals surface area contributed by atoms with Crippen molar-refractivity contribution in [2.75, 3.05) is 37.6 Å². The number of piperazine rings is 1. The van der Waals surface area contributed by atoms with E-state index in [0.717, 1.165) is 0 Å². The molecule has 4 rings (SSSR count). The maximum absolute atomic E-state index is 13.1. The van der Waals surface area contributed by atoms with Gasteiger partial charge in [0, 0.05) is 39.8 Å². The van der Waals surface area contributed by atoms with Crippen molar-refractivity contribution in [3.05, 3.63) is 79.7 Å². The molecule has 3 aromatic rings. The number of nitro groups is 1. The lowest BCUT2D eigenvalue weighted by Crippen LogP contribution is -2.48. The largest absolute Gasteiger partial charge is 0.387 e. The number of β-amino-alcohol motifs (C(OH)–C–C–N with tert-alkyl or cyclic N) is 1. The van der Waals surface area contributed by atoms with Gasteiger partial charge >= 0.3 is 11.2 Å². The number of rotatable bonds is 5. The molecule has 10 nitrogen and oxygen atoms in total. The third-order valence-electron chi connectivity index (χ3n) is 5.85. The van der Waals surface area contributed by atoms with E-state index in [2.05, 4.69) is 9.83 Å². The number of hydrogen-bond donors (Lipinski definition) is 1. The average molecular weight is 452 g/mol. The minimum absolute atomic E-state index is 0.0813. The third-order valence-corrected chi connectivity index (χ3v) is 5.85. The molecule has 2 aromatic heterocycles. The lowest BCUT2D eigenvalue weighted by molar-refractivity contribution is -0.385. The van der Waals surface area contributed by atoms with E-state index in [1.54, 1.807) is 11.0 Å². The van der Waals surface area contributed by atoms with Crippen LogP contribution < -0.4 is 10.5 Å². The van der Waals surface area contributed by atoms with Crippen molar-refractivity contribution in [2.45, 2.75) is 6.10 Å². The molecule has 0 bridgehead atoms. The normalized spacial score (nSPS) is 15.4. The summed E-state index contributed by atoms with van der Waals surface area (Å²) in [5, 5.41) is 22.3. The highest BCUT2D eigenvalue weighted by Gasteiger charge is 2.33. The Bertz CT molecular complexity index is 1310. The molecule has 0 saturated carbocycles. The minimum atomic E-state index is -0.806. The summed E-state index contributed by atoms with van der Waals surface area (Å²) in [4.78, 5) is 35.2. The lowest BCUT2D eigenvalue weighted by atomic mass is 10.1. The molecule has 1 saturated heterocycles. The molecule has 33 heavy (non-hydrogen) atoms. The van der Waals surface area contributed by atoms with Crippen molar-refractivity contribution >= 4 is 28.2 Å². The molecule has 1 N–H and O–H groups in total. The van der Waals surface area contributed by atoms with E-state index in [1.165, 1.54) is 41.9 Å². The monoisotopic (exact) mass is 452 g/mol. The topological polar surface area (TPSA) is 109 Å². The molecule has 11 heteroatoms. The van der Waals surface area contributed by atoms with Gasteiger partial charge in [-0.15, -0.1) is 4.98 Å². The number of halogens is 1. The van der Waals surface area contributed by atoms with Crippen LogP contribution in [-0.4, -0.2) is 57.2 Å². The van der Waals surface area contributed by atoms with Crippen LogP contribution in [0.25, 0.3) is 15.9 Å². The predicted molar refractivity (Wildman–Crippen MR) is 120 cm³/mol. The zero-order chi connectivity index (χ0) is 23.7. The lowest BCUT2D eigenvalue weighted by Gasteiger charge is -2.36. The first-order valence-electron chi connectivity index (χ1n) is 10.3. The number of nitrogens with zero attached hydrogens (tertiary/aromatic N) is 6. The zero-order valence-corrected chi connectivity index (χ0v) is 17.8. The highest BCUT2D eigenvalue weighted by Crippen LogP contribution is 2.34. The Hall–Kier alpha value is -3.88. The minimum Gasteiger partial charge on any atom is -0.387 e. The van der Waals surface area contributed by atoms with Gasteiger partial charge in [0.05, 0.1) is 16.5 Å². The summed E-state index contributed by atoms with van der Waals surface area (Å²) in [6.07, 6.45) is -0.806. The summed E-state index contributed by atoms with van der Waals surface area (Å²) in [6, 6.07) is 8.69. The molecule has 3 heterocycles. The second-order valence-electron chi connectivity index (χ2n) is 7.82. The van der Waals surface area contributed by atoms with E-state index in [9.17, 15) is 24.4 Å². The summed E-state index contributed by atoms with van der Waals surface area (Å²) in [5.41, 5.74) is 0.0398. The van der Waals surface area contributed by atoms with Crippen LogP contribution in [0.5, 0.6) is 0 Å². The van der Waals surface area contributed by atoms with Crippen molar-refractivity contribution in [1.29, 1.82) is 0 Å². The molecular formula is C22H21FN6O4. The van der Waals surface area contributed by atoms with Gasteiger partial charge in [-0.3, -0.25) is 19.8 Å². The number of aryl methyl sites for hydroxylation is 1. The van der Waals surface area contributed by atoms with Crippen LogP contribution in [0, 0.1) is 22.5 Å². The second-order valence-corrected chi connectivity index (χ2v) is 7.82. The molecule has 1 aliphatic rings. The van der Waals surface area contributed by atoms with Crippen LogP contribution in [0.2, 0.25) is 0 Å². The van der Waals surface area contributed by atoms with Crippen LogP contribution in [0.15, 0.2) is 41.2 Å². The average Bonchev–Trinajstić information content (AvgIpc) is 2.81. The Balaban J connectivity index is 1.62. The molecule has 170 valence electrons. The van der Waals surface area contributed by atoms with Gasteiger partial charge < -0.3 is 19.4 Å². The van der Waals surface area contributed by atoms with Crippen molar-refractivity contribution in [3.8, 4) is 0 Å². The smallest absolute Gasteiger partial charge is 0.361 e. The van der Waals surface area contributed by atoms with E-state index in [4.69, 9.17) is 6.57 Å². The van der Waals surface area contributed by atoms with Crippen molar-refractivity contribution < 1.29 is 14.4 Å². The van der Waals surface area contributed by atoms with Gasteiger partial charge in [-0.1, -0.05) is 18.7 Å². The number of hydrogen-bond acceptors (Lipinski definition) is 7. The van der Waals surface area contributed by atoms with Crippen LogP contribution >= 0.6 is 0 Å². The summed E-state index contributed by atoms with van der Waals surface area (Å²) in [6.45, 7) is 9.25. The SMILES string of the molecule is [C-]#[N+]c1ccc2c(n1)c(N1CCN(CC(O)c3ccc(F)cc3)CC1)c([N+](=O)[O-])c(=O)n2C. The molecule has 1 unspecified atom stereocenters. The first kappa shape index (κ1) is 22.3. The molecule has 0 aliphatic carbocycles. The Kier molecular flexibility index (Phi) is 6.04. The number of aliphatic hydroxyl groups is 1. The first-order valence-corrected chi connectivity index (χ1v) is 10.3. The van der Waals surface area contributed by atoms with Crippen LogP contribution in [-0.2, 0) is 7.05 Å². The number of benzene rings is 1. The number of anilines is 1. The fraction of sp³-hybridized carbons (Fsp3) is 0.318. The molecule has 0 spiro atoms. The predicted octanol–water partition coefficient (Wildman–Crippen LogP) is 2.39. The maximum Gasteiger partial charge on any atom is 0.361 e. The third kappa shape index (κ3) is 4.26. The van der Waals surface area contributed by atoms with Gasteiger partial charge in [0.1, 0.15) is 5.82 Å². The number of fused-ring (bicyclic) bond motifs is 1. The number of aromatic nitrogens is 2. The van der Waals surface area contributed by atoms with E-state index < -0.39 is 22.3 Å². The van der Waals surface area contributed by atoms with Crippen molar-refractivity contribution in [3.63, 3.8) is 0 Å². The van der Waals surface area contributed by atoms with Gasteiger partial charge in [-0.2, -0.15) is 0 Å². The summed E-state index contributed by atoms with van der Waals surface area (Å²) < 4.78 is 14.3. The quantitative estimate of drug-likeness (QED) is 0.360. The van der Waals surface area contributed by atoms with E-state index in [-0.39, 0.29) is 22.8 Å². The van der Waals surface area contributed by atoms with Crippen LogP contribution in [0.3, 0.4) is 0 Å². The molecule has 0 radical (unpaired) electrons. The van der Waals surface area contributed by atoms with Gasteiger partial charge in [-0.25, -0.2) is 4.39 Å². The van der Waals surface area contributed by atoms with E-state index >= 15 is 0 Å². The number of pyridine rings is 2. The Morgan fingerprint density at radius 2 is 1.88 bits per heavy atom. The molecule has 1 atom stereocenters. The maximum atomic E-state index is 13.1. The Morgan fingerprint density at radius 3 is 2.48 bits per heavy atom.